The highest BCUT2D eigenvalue weighted by Crippen LogP contribution is 2.11. The van der Waals surface area contributed by atoms with Crippen molar-refractivity contribution in [1.29, 1.82) is 0 Å². The van der Waals surface area contributed by atoms with Crippen molar-refractivity contribution in [2.75, 3.05) is 19.4 Å². The number of methoxy groups -OCH3 is 1. The highest BCUT2D eigenvalue weighted by molar-refractivity contribution is 8.00. The van der Waals surface area contributed by atoms with E-state index in [0.29, 0.717) is 12.3 Å². The Bertz CT molecular complexity index is 236. The van der Waals surface area contributed by atoms with Gasteiger partial charge in [-0.05, 0) is 13.3 Å². The highest BCUT2D eigenvalue weighted by Gasteiger charge is 2.18. The molecule has 5 nitrogen and oxygen atoms in total. The van der Waals surface area contributed by atoms with Gasteiger partial charge >= 0.3 is 5.97 Å². The Kier molecular flexibility index (Phi) is 8.01. The van der Waals surface area contributed by atoms with Gasteiger partial charge in [-0.15, -0.1) is 11.8 Å². The molecule has 6 heteroatoms. The molecule has 0 saturated carbocycles. The SMILES string of the molecule is CCCNC(=O)C(C)SCC(N)C(=O)OC. The predicted octanol–water partition coefficient (Wildman–Crippen LogP) is 0.135. The van der Waals surface area contributed by atoms with Crippen LogP contribution in [0.3, 0.4) is 0 Å². The van der Waals surface area contributed by atoms with Crippen LogP contribution in [0.1, 0.15) is 20.3 Å². The number of nitrogens with one attached hydrogen (secondary N) is 1. The Morgan fingerprint density at radius 1 is 1.50 bits per heavy atom. The third kappa shape index (κ3) is 5.97. The summed E-state index contributed by atoms with van der Waals surface area (Å²) in [4.78, 5) is 22.5. The van der Waals surface area contributed by atoms with E-state index in [9.17, 15) is 9.59 Å². The number of carbonyl (C=O) groups excluding carboxylic acids is 2. The lowest BCUT2D eigenvalue weighted by Gasteiger charge is -2.13. The van der Waals surface area contributed by atoms with Crippen molar-refractivity contribution in [3.8, 4) is 0 Å². The molecule has 94 valence electrons. The van der Waals surface area contributed by atoms with Crippen molar-refractivity contribution in [1.82, 2.24) is 5.32 Å². The molecule has 0 saturated heterocycles. The van der Waals surface area contributed by atoms with Gasteiger partial charge in [0.05, 0.1) is 12.4 Å². The third-order valence-electron chi connectivity index (χ3n) is 1.95. The second-order valence-electron chi connectivity index (χ2n) is 3.40. The molecule has 0 rings (SSSR count). The molecule has 0 aromatic heterocycles. The lowest BCUT2D eigenvalue weighted by molar-refractivity contribution is -0.141. The first kappa shape index (κ1) is 15.2. The summed E-state index contributed by atoms with van der Waals surface area (Å²) in [5.74, 6) is -0.0921. The van der Waals surface area contributed by atoms with Crippen molar-refractivity contribution in [3.05, 3.63) is 0 Å². The average molecular weight is 248 g/mol. The molecular formula is C10H20N2O3S. The molecule has 3 N–H and O–H groups in total. The first-order chi connectivity index (χ1) is 7.52. The van der Waals surface area contributed by atoms with E-state index in [1.54, 1.807) is 6.92 Å². The number of hydrogen-bond donors (Lipinski definition) is 2. The Labute approximate surface area is 100 Å². The normalized spacial score (nSPS) is 14.0. The Morgan fingerprint density at radius 2 is 2.12 bits per heavy atom. The van der Waals surface area contributed by atoms with Gasteiger partial charge in [0.2, 0.25) is 5.91 Å². The summed E-state index contributed by atoms with van der Waals surface area (Å²) in [7, 11) is 1.30. The molecular weight excluding hydrogens is 228 g/mol. The molecule has 0 aliphatic carbocycles. The maximum Gasteiger partial charge on any atom is 0.323 e. The maximum atomic E-state index is 11.5. The molecule has 0 radical (unpaired) electrons. The topological polar surface area (TPSA) is 81.4 Å². The first-order valence-corrected chi connectivity index (χ1v) is 6.30. The van der Waals surface area contributed by atoms with Gasteiger partial charge in [-0.2, -0.15) is 0 Å². The van der Waals surface area contributed by atoms with Crippen LogP contribution in [0.2, 0.25) is 0 Å². The van der Waals surface area contributed by atoms with Crippen molar-refractivity contribution in [2.24, 2.45) is 5.73 Å². The number of hydrogen-bond acceptors (Lipinski definition) is 5. The number of carbonyl (C=O) groups is 2. The lowest BCUT2D eigenvalue weighted by atomic mass is 10.4. The predicted molar refractivity (Wildman–Crippen MR) is 65.2 cm³/mol. The molecule has 0 heterocycles. The van der Waals surface area contributed by atoms with Crippen LogP contribution in [0, 0.1) is 0 Å². The van der Waals surface area contributed by atoms with Gasteiger partial charge in [0.15, 0.2) is 0 Å². The van der Waals surface area contributed by atoms with Gasteiger partial charge in [-0.3, -0.25) is 9.59 Å². The molecule has 0 aromatic rings. The van der Waals surface area contributed by atoms with Crippen LogP contribution in [-0.4, -0.2) is 42.6 Å². The van der Waals surface area contributed by atoms with Crippen LogP contribution >= 0.6 is 11.8 Å². The molecule has 1 amide bonds. The van der Waals surface area contributed by atoms with Gasteiger partial charge in [-0.1, -0.05) is 6.92 Å². The second-order valence-corrected chi connectivity index (χ2v) is 4.77. The average Bonchev–Trinajstić information content (AvgIpc) is 2.31. The summed E-state index contributed by atoms with van der Waals surface area (Å²) in [5.41, 5.74) is 5.55. The van der Waals surface area contributed by atoms with Crippen molar-refractivity contribution in [3.63, 3.8) is 0 Å². The molecule has 2 unspecified atom stereocenters. The van der Waals surface area contributed by atoms with E-state index >= 15 is 0 Å². The zero-order chi connectivity index (χ0) is 12.6. The number of esters is 1. The second kappa shape index (κ2) is 8.41. The standard InChI is InChI=1S/C10H20N2O3S/c1-4-5-12-9(13)7(2)16-6-8(11)10(14)15-3/h7-8H,4-6,11H2,1-3H3,(H,12,13). The van der Waals surface area contributed by atoms with Crippen molar-refractivity contribution < 1.29 is 14.3 Å². The van der Waals surface area contributed by atoms with Crippen molar-refractivity contribution in [2.45, 2.75) is 31.6 Å². The summed E-state index contributed by atoms with van der Waals surface area (Å²) >= 11 is 1.35. The Hall–Kier alpha value is -0.750. The molecule has 0 aromatic carbocycles. The fourth-order valence-corrected chi connectivity index (χ4v) is 1.80. The summed E-state index contributed by atoms with van der Waals surface area (Å²) in [6.07, 6.45) is 0.908. The summed E-state index contributed by atoms with van der Waals surface area (Å²) in [6.45, 7) is 4.46. The monoisotopic (exact) mass is 248 g/mol. The maximum absolute atomic E-state index is 11.5. The highest BCUT2D eigenvalue weighted by atomic mass is 32.2. The molecule has 0 bridgehead atoms. The third-order valence-corrected chi connectivity index (χ3v) is 3.21. The van der Waals surface area contributed by atoms with Crippen molar-refractivity contribution >= 4 is 23.6 Å². The quantitative estimate of drug-likeness (QED) is 0.626. The van der Waals surface area contributed by atoms with Gasteiger partial charge in [0.25, 0.3) is 0 Å². The first-order valence-electron chi connectivity index (χ1n) is 5.25. The van der Waals surface area contributed by atoms with Crippen LogP contribution < -0.4 is 11.1 Å². The number of thioether (sulfide) groups is 1. The number of amides is 1. The van der Waals surface area contributed by atoms with Gasteiger partial charge in [0, 0.05) is 12.3 Å². The fourth-order valence-electron chi connectivity index (χ4n) is 0.935. The largest absolute Gasteiger partial charge is 0.468 e. The van der Waals surface area contributed by atoms with Crippen LogP contribution in [0.15, 0.2) is 0 Å². The molecule has 2 atom stereocenters. The van der Waals surface area contributed by atoms with Crippen LogP contribution in [-0.2, 0) is 14.3 Å². The molecule has 16 heavy (non-hydrogen) atoms. The van der Waals surface area contributed by atoms with Gasteiger partial charge < -0.3 is 15.8 Å². The summed E-state index contributed by atoms with van der Waals surface area (Å²) < 4.78 is 4.49. The number of ether oxygens (including phenoxy) is 1. The van der Waals surface area contributed by atoms with Crippen LogP contribution in [0.25, 0.3) is 0 Å². The Morgan fingerprint density at radius 3 is 2.62 bits per heavy atom. The molecule has 0 spiro atoms. The Balaban J connectivity index is 3.83. The van der Waals surface area contributed by atoms with Gasteiger partial charge in [-0.25, -0.2) is 0 Å². The number of rotatable bonds is 7. The smallest absolute Gasteiger partial charge is 0.323 e. The van der Waals surface area contributed by atoms with E-state index < -0.39 is 12.0 Å². The van der Waals surface area contributed by atoms with E-state index in [0.717, 1.165) is 6.42 Å². The minimum Gasteiger partial charge on any atom is -0.468 e. The summed E-state index contributed by atoms with van der Waals surface area (Å²) in [5, 5.41) is 2.58. The fraction of sp³-hybridized carbons (Fsp3) is 0.800. The number of nitrogens with two attached hydrogens (primary N) is 1. The van der Waals surface area contributed by atoms with E-state index in [-0.39, 0.29) is 11.2 Å². The van der Waals surface area contributed by atoms with Gasteiger partial charge in [0.1, 0.15) is 6.04 Å². The zero-order valence-corrected chi connectivity index (χ0v) is 10.8. The minimum absolute atomic E-state index is 0.0242. The van der Waals surface area contributed by atoms with Crippen LogP contribution in [0.5, 0.6) is 0 Å². The zero-order valence-electron chi connectivity index (χ0n) is 9.99. The van der Waals surface area contributed by atoms with E-state index in [1.807, 2.05) is 6.92 Å². The minimum atomic E-state index is -0.670. The molecule has 0 aliphatic heterocycles. The summed E-state index contributed by atoms with van der Waals surface area (Å²) in [6, 6.07) is -0.670. The van der Waals surface area contributed by atoms with E-state index in [2.05, 4.69) is 10.1 Å². The molecule has 0 aliphatic rings. The van der Waals surface area contributed by atoms with E-state index in [1.165, 1.54) is 18.9 Å². The molecule has 0 fully saturated rings. The van der Waals surface area contributed by atoms with Crippen LogP contribution in [0.4, 0.5) is 0 Å². The van der Waals surface area contributed by atoms with E-state index in [4.69, 9.17) is 5.73 Å². The lowest BCUT2D eigenvalue weighted by Crippen LogP contribution is -2.37.